The summed E-state index contributed by atoms with van der Waals surface area (Å²) >= 11 is 0. The van der Waals surface area contributed by atoms with Gasteiger partial charge in [-0.3, -0.25) is 4.79 Å². The minimum Gasteiger partial charge on any atom is -0.436 e. The minimum absolute atomic E-state index is 0.0219. The summed E-state index contributed by atoms with van der Waals surface area (Å²) in [5, 5.41) is 2.65. The number of nitrogens with zero attached hydrogens (tertiary/aromatic N) is 1. The van der Waals surface area contributed by atoms with E-state index >= 15 is 0 Å². The van der Waals surface area contributed by atoms with E-state index in [1.54, 1.807) is 20.8 Å². The van der Waals surface area contributed by atoms with Crippen LogP contribution < -0.4 is 5.32 Å². The summed E-state index contributed by atoms with van der Waals surface area (Å²) in [7, 11) is 1.47. The number of hydrogen-bond donors (Lipinski definition) is 1. The van der Waals surface area contributed by atoms with Gasteiger partial charge in [-0.25, -0.2) is 13.4 Å². The molecule has 0 bridgehead atoms. The number of anilines is 1. The van der Waals surface area contributed by atoms with Gasteiger partial charge in [0.1, 0.15) is 0 Å². The lowest BCUT2D eigenvalue weighted by Crippen LogP contribution is -2.13. The second-order valence-electron chi connectivity index (χ2n) is 4.52. The highest BCUT2D eigenvalue weighted by molar-refractivity contribution is 8.13. The smallest absolute Gasteiger partial charge is 0.293 e. The van der Waals surface area contributed by atoms with Gasteiger partial charge >= 0.3 is 0 Å². The van der Waals surface area contributed by atoms with Crippen LogP contribution in [-0.2, 0) is 9.05 Å². The molecule has 1 heterocycles. The van der Waals surface area contributed by atoms with Gasteiger partial charge in [-0.2, -0.15) is 0 Å². The van der Waals surface area contributed by atoms with Crippen molar-refractivity contribution in [3.05, 3.63) is 41.1 Å². The standard InChI is InChI=1S/C13H13ClN2O4S/c1-7-6-10(21(14,18)19)4-5-11(7)16-13(17)12-8(2)15-9(3)20-12/h4-6H,1-3H3,(H,16,17). The molecule has 0 aliphatic rings. The molecule has 0 unspecified atom stereocenters. The SMILES string of the molecule is Cc1nc(C)c(C(=O)Nc2ccc(S(=O)(=O)Cl)cc2C)o1. The minimum atomic E-state index is -3.80. The van der Waals surface area contributed by atoms with E-state index in [-0.39, 0.29) is 10.7 Å². The molecule has 0 radical (unpaired) electrons. The number of nitrogens with one attached hydrogen (secondary N) is 1. The average Bonchev–Trinajstić information content (AvgIpc) is 2.69. The summed E-state index contributed by atoms with van der Waals surface area (Å²) < 4.78 is 27.7. The van der Waals surface area contributed by atoms with Crippen LogP contribution in [0.3, 0.4) is 0 Å². The largest absolute Gasteiger partial charge is 0.436 e. The van der Waals surface area contributed by atoms with Gasteiger partial charge < -0.3 is 9.73 Å². The lowest BCUT2D eigenvalue weighted by molar-refractivity contribution is 0.0994. The Kier molecular flexibility index (Phi) is 4.06. The van der Waals surface area contributed by atoms with E-state index in [0.717, 1.165) is 0 Å². The topological polar surface area (TPSA) is 89.3 Å². The van der Waals surface area contributed by atoms with Crippen LogP contribution in [-0.4, -0.2) is 19.3 Å². The normalized spacial score (nSPS) is 11.4. The summed E-state index contributed by atoms with van der Waals surface area (Å²) in [6.45, 7) is 4.98. The maximum atomic E-state index is 12.1. The summed E-state index contributed by atoms with van der Waals surface area (Å²) in [5.74, 6) is 0.0802. The van der Waals surface area contributed by atoms with E-state index in [0.29, 0.717) is 22.8 Å². The van der Waals surface area contributed by atoms with Crippen LogP contribution in [0, 0.1) is 20.8 Å². The molecule has 1 N–H and O–H groups in total. The van der Waals surface area contributed by atoms with Crippen molar-refractivity contribution in [2.24, 2.45) is 0 Å². The number of halogens is 1. The monoisotopic (exact) mass is 328 g/mol. The fraction of sp³-hybridized carbons (Fsp3) is 0.231. The molecule has 2 aromatic rings. The van der Waals surface area contributed by atoms with Crippen LogP contribution in [0.25, 0.3) is 0 Å². The number of rotatable bonds is 3. The summed E-state index contributed by atoms with van der Waals surface area (Å²) in [4.78, 5) is 16.1. The van der Waals surface area contributed by atoms with E-state index in [4.69, 9.17) is 15.1 Å². The highest BCUT2D eigenvalue weighted by atomic mass is 35.7. The van der Waals surface area contributed by atoms with Crippen LogP contribution in [0.15, 0.2) is 27.5 Å². The quantitative estimate of drug-likeness (QED) is 0.875. The number of aromatic nitrogens is 1. The van der Waals surface area contributed by atoms with Gasteiger partial charge in [0.25, 0.3) is 15.0 Å². The van der Waals surface area contributed by atoms with E-state index in [1.807, 2.05) is 0 Å². The Labute approximate surface area is 126 Å². The van der Waals surface area contributed by atoms with E-state index in [9.17, 15) is 13.2 Å². The third-order valence-electron chi connectivity index (χ3n) is 2.84. The molecule has 1 aromatic heterocycles. The van der Waals surface area contributed by atoms with Crippen molar-refractivity contribution in [1.82, 2.24) is 4.98 Å². The fourth-order valence-electron chi connectivity index (χ4n) is 1.85. The molecule has 0 saturated heterocycles. The van der Waals surface area contributed by atoms with Crippen LogP contribution in [0.2, 0.25) is 0 Å². The molecule has 0 aliphatic carbocycles. The summed E-state index contributed by atoms with van der Waals surface area (Å²) in [6.07, 6.45) is 0. The lowest BCUT2D eigenvalue weighted by atomic mass is 10.2. The number of oxazole rings is 1. The average molecular weight is 329 g/mol. The van der Waals surface area contributed by atoms with Crippen molar-refractivity contribution in [2.75, 3.05) is 5.32 Å². The highest BCUT2D eigenvalue weighted by Gasteiger charge is 2.18. The zero-order chi connectivity index (χ0) is 15.8. The Balaban J connectivity index is 2.28. The van der Waals surface area contributed by atoms with Crippen molar-refractivity contribution in [3.8, 4) is 0 Å². The first kappa shape index (κ1) is 15.5. The zero-order valence-corrected chi connectivity index (χ0v) is 13.2. The number of aryl methyl sites for hydroxylation is 3. The van der Waals surface area contributed by atoms with Crippen LogP contribution in [0.4, 0.5) is 5.69 Å². The third kappa shape index (κ3) is 3.43. The Morgan fingerprint density at radius 3 is 2.43 bits per heavy atom. The second kappa shape index (κ2) is 5.50. The van der Waals surface area contributed by atoms with Gasteiger partial charge in [-0.05, 0) is 37.6 Å². The summed E-state index contributed by atoms with van der Waals surface area (Å²) in [5.41, 5.74) is 1.53. The Hall–Kier alpha value is -1.86. The van der Waals surface area contributed by atoms with Crippen molar-refractivity contribution in [1.29, 1.82) is 0 Å². The molecule has 21 heavy (non-hydrogen) atoms. The molecule has 0 aliphatic heterocycles. The van der Waals surface area contributed by atoms with Gasteiger partial charge in [-0.1, -0.05) is 0 Å². The van der Waals surface area contributed by atoms with Crippen LogP contribution >= 0.6 is 10.7 Å². The molecule has 0 fully saturated rings. The molecule has 8 heteroatoms. The lowest BCUT2D eigenvalue weighted by Gasteiger charge is -2.08. The molecular formula is C13H13ClN2O4S. The fourth-order valence-corrected chi connectivity index (χ4v) is 2.69. The molecule has 6 nitrogen and oxygen atoms in total. The zero-order valence-electron chi connectivity index (χ0n) is 11.6. The molecule has 1 amide bonds. The van der Waals surface area contributed by atoms with Gasteiger partial charge in [0, 0.05) is 23.3 Å². The molecule has 2 rings (SSSR count). The molecule has 0 atom stereocenters. The number of carbonyl (C=O) groups is 1. The maximum absolute atomic E-state index is 12.1. The third-order valence-corrected chi connectivity index (χ3v) is 4.19. The van der Waals surface area contributed by atoms with E-state index in [2.05, 4.69) is 10.3 Å². The van der Waals surface area contributed by atoms with Crippen LogP contribution in [0.5, 0.6) is 0 Å². The number of benzene rings is 1. The maximum Gasteiger partial charge on any atom is 0.293 e. The van der Waals surface area contributed by atoms with Crippen molar-refractivity contribution in [3.63, 3.8) is 0 Å². The van der Waals surface area contributed by atoms with Crippen LogP contribution in [0.1, 0.15) is 27.7 Å². The molecule has 112 valence electrons. The first-order valence-electron chi connectivity index (χ1n) is 5.99. The second-order valence-corrected chi connectivity index (χ2v) is 7.08. The van der Waals surface area contributed by atoms with Crippen molar-refractivity contribution < 1.29 is 17.6 Å². The molecule has 1 aromatic carbocycles. The highest BCUT2D eigenvalue weighted by Crippen LogP contribution is 2.23. The van der Waals surface area contributed by atoms with Gasteiger partial charge in [0.2, 0.25) is 5.76 Å². The van der Waals surface area contributed by atoms with E-state index < -0.39 is 15.0 Å². The van der Waals surface area contributed by atoms with E-state index in [1.165, 1.54) is 18.2 Å². The number of amides is 1. The predicted octanol–water partition coefficient (Wildman–Crippen LogP) is 2.78. The Morgan fingerprint density at radius 2 is 1.95 bits per heavy atom. The van der Waals surface area contributed by atoms with Crippen molar-refractivity contribution in [2.45, 2.75) is 25.7 Å². The Bertz CT molecular complexity index is 812. The number of hydrogen-bond acceptors (Lipinski definition) is 5. The Morgan fingerprint density at radius 1 is 1.29 bits per heavy atom. The van der Waals surface area contributed by atoms with Gasteiger partial charge in [0.05, 0.1) is 10.6 Å². The molecule has 0 saturated carbocycles. The first-order valence-corrected chi connectivity index (χ1v) is 8.30. The molecule has 0 spiro atoms. The first-order chi connectivity index (χ1) is 9.68. The predicted molar refractivity (Wildman–Crippen MR) is 78.1 cm³/mol. The molecular weight excluding hydrogens is 316 g/mol. The van der Waals surface area contributed by atoms with Gasteiger partial charge in [-0.15, -0.1) is 0 Å². The van der Waals surface area contributed by atoms with Crippen molar-refractivity contribution >= 4 is 31.3 Å². The summed E-state index contributed by atoms with van der Waals surface area (Å²) in [6, 6.07) is 4.18. The van der Waals surface area contributed by atoms with Gasteiger partial charge in [0.15, 0.2) is 5.89 Å². The number of carbonyl (C=O) groups excluding carboxylic acids is 1.